The van der Waals surface area contributed by atoms with E-state index in [4.69, 9.17) is 11.6 Å². The third kappa shape index (κ3) is 3.55. The molecule has 0 spiro atoms. The molecule has 2 unspecified atom stereocenters. The average Bonchev–Trinajstić information content (AvgIpc) is 2.87. The van der Waals surface area contributed by atoms with E-state index in [0.29, 0.717) is 12.1 Å². The number of rotatable bonds is 4. The molecule has 5 heteroatoms. The van der Waals surface area contributed by atoms with Gasteiger partial charge in [0.25, 0.3) is 0 Å². The molecule has 0 bridgehead atoms. The molecule has 0 aromatic carbocycles. The Morgan fingerprint density at radius 1 is 1.24 bits per heavy atom. The number of nitrogens with one attached hydrogen (secondary N) is 1. The van der Waals surface area contributed by atoms with Gasteiger partial charge in [0, 0.05) is 31.7 Å². The van der Waals surface area contributed by atoms with Crippen LogP contribution in [-0.4, -0.2) is 0 Å². The Morgan fingerprint density at radius 2 is 1.94 bits per heavy atom. The Hall–Kier alpha value is 0.130. The van der Waals surface area contributed by atoms with Crippen molar-refractivity contribution in [2.24, 2.45) is 0 Å². The quantitative estimate of drug-likeness (QED) is 0.752. The van der Waals surface area contributed by atoms with Crippen molar-refractivity contribution in [2.45, 2.75) is 25.9 Å². The summed E-state index contributed by atoms with van der Waals surface area (Å²) in [5.74, 6) is 0. The lowest BCUT2D eigenvalue weighted by Gasteiger charge is -2.17. The van der Waals surface area contributed by atoms with Crippen molar-refractivity contribution < 1.29 is 0 Å². The van der Waals surface area contributed by atoms with E-state index >= 15 is 0 Å². The zero-order valence-electron chi connectivity index (χ0n) is 9.54. The van der Waals surface area contributed by atoms with Gasteiger partial charge in [0.15, 0.2) is 0 Å². The van der Waals surface area contributed by atoms with E-state index in [2.05, 4.69) is 52.6 Å². The zero-order valence-corrected chi connectivity index (χ0v) is 13.5. The van der Waals surface area contributed by atoms with Crippen LogP contribution in [0, 0.1) is 0 Å². The Labute approximate surface area is 123 Å². The van der Waals surface area contributed by atoms with Gasteiger partial charge in [0.1, 0.15) is 0 Å². The zero-order chi connectivity index (χ0) is 12.4. The van der Waals surface area contributed by atoms with Crippen LogP contribution in [-0.2, 0) is 0 Å². The molecule has 1 nitrogen and oxygen atoms in total. The fourth-order valence-electron chi connectivity index (χ4n) is 1.66. The smallest absolute Gasteiger partial charge is 0.0931 e. The third-order valence-electron chi connectivity index (χ3n) is 2.54. The molecular formula is C12H13BrClNS2. The molecule has 2 heterocycles. The van der Waals surface area contributed by atoms with Gasteiger partial charge in [-0.15, -0.1) is 22.7 Å². The van der Waals surface area contributed by atoms with Crippen LogP contribution in [0.2, 0.25) is 4.34 Å². The fourth-order valence-corrected chi connectivity index (χ4v) is 4.19. The Balaban J connectivity index is 2.01. The highest BCUT2D eigenvalue weighted by Crippen LogP contribution is 2.30. The van der Waals surface area contributed by atoms with Crippen LogP contribution in [0.3, 0.4) is 0 Å². The van der Waals surface area contributed by atoms with Gasteiger partial charge in [-0.05, 0) is 48.0 Å². The number of hydrogen-bond acceptors (Lipinski definition) is 3. The van der Waals surface area contributed by atoms with Crippen molar-refractivity contribution >= 4 is 50.2 Å². The first kappa shape index (κ1) is 13.6. The van der Waals surface area contributed by atoms with E-state index < -0.39 is 0 Å². The van der Waals surface area contributed by atoms with Gasteiger partial charge in [0.05, 0.1) is 4.34 Å². The van der Waals surface area contributed by atoms with Crippen LogP contribution in [0.1, 0.15) is 35.7 Å². The van der Waals surface area contributed by atoms with Crippen LogP contribution in [0.5, 0.6) is 0 Å². The predicted octanol–water partition coefficient (Wildman–Crippen LogP) is 5.64. The van der Waals surface area contributed by atoms with Crippen molar-refractivity contribution in [2.75, 3.05) is 0 Å². The number of halogens is 2. The first-order chi connectivity index (χ1) is 8.06. The molecule has 2 atom stereocenters. The molecule has 0 fully saturated rings. The second-order valence-electron chi connectivity index (χ2n) is 3.92. The molecule has 17 heavy (non-hydrogen) atoms. The molecule has 0 amide bonds. The maximum absolute atomic E-state index is 5.95. The average molecular weight is 351 g/mol. The maximum Gasteiger partial charge on any atom is 0.0931 e. The monoisotopic (exact) mass is 349 g/mol. The highest BCUT2D eigenvalue weighted by Gasteiger charge is 2.14. The van der Waals surface area contributed by atoms with Crippen molar-refractivity contribution in [3.05, 3.63) is 42.1 Å². The van der Waals surface area contributed by atoms with Crippen LogP contribution in [0.15, 0.2) is 28.1 Å². The van der Waals surface area contributed by atoms with Crippen LogP contribution in [0.4, 0.5) is 0 Å². The predicted molar refractivity (Wildman–Crippen MR) is 81.3 cm³/mol. The maximum atomic E-state index is 5.95. The minimum atomic E-state index is 0.323. The summed E-state index contributed by atoms with van der Waals surface area (Å²) in [7, 11) is 0. The lowest BCUT2D eigenvalue weighted by atomic mass is 10.2. The summed E-state index contributed by atoms with van der Waals surface area (Å²) >= 11 is 12.8. The summed E-state index contributed by atoms with van der Waals surface area (Å²) in [6.45, 7) is 4.35. The fraction of sp³-hybridized carbons (Fsp3) is 0.333. The van der Waals surface area contributed by atoms with E-state index in [0.717, 1.165) is 8.81 Å². The Kier molecular flexibility index (Phi) is 4.66. The molecule has 0 aliphatic rings. The van der Waals surface area contributed by atoms with Crippen molar-refractivity contribution in [1.29, 1.82) is 0 Å². The number of hydrogen-bond donors (Lipinski definition) is 1. The summed E-state index contributed by atoms with van der Waals surface area (Å²) in [5.41, 5.74) is 0. The van der Waals surface area contributed by atoms with Gasteiger partial charge in [-0.1, -0.05) is 11.6 Å². The van der Waals surface area contributed by atoms with Gasteiger partial charge in [0.2, 0.25) is 0 Å². The first-order valence-electron chi connectivity index (χ1n) is 5.31. The van der Waals surface area contributed by atoms with E-state index in [9.17, 15) is 0 Å². The molecule has 0 aliphatic heterocycles. The summed E-state index contributed by atoms with van der Waals surface area (Å²) in [4.78, 5) is 2.61. The molecule has 2 rings (SSSR count). The lowest BCUT2D eigenvalue weighted by Crippen LogP contribution is -2.20. The van der Waals surface area contributed by atoms with Gasteiger partial charge >= 0.3 is 0 Å². The standard InChI is InChI=1S/C12H13BrClNS2/c1-7(10-3-4-12(14)17-10)15-8(2)11-5-9(13)6-16-11/h3-8,15H,1-2H3. The SMILES string of the molecule is CC(NC(C)c1ccc(Cl)s1)c1cc(Br)cs1. The van der Waals surface area contributed by atoms with Gasteiger partial charge in [-0.25, -0.2) is 0 Å². The van der Waals surface area contributed by atoms with E-state index in [-0.39, 0.29) is 0 Å². The largest absolute Gasteiger partial charge is 0.302 e. The molecule has 0 saturated heterocycles. The highest BCUT2D eigenvalue weighted by molar-refractivity contribution is 9.10. The van der Waals surface area contributed by atoms with Crippen molar-refractivity contribution in [3.8, 4) is 0 Å². The van der Waals surface area contributed by atoms with E-state index in [1.54, 1.807) is 22.7 Å². The van der Waals surface area contributed by atoms with Crippen molar-refractivity contribution in [3.63, 3.8) is 0 Å². The molecule has 92 valence electrons. The molecule has 0 radical (unpaired) electrons. The summed E-state index contributed by atoms with van der Waals surface area (Å²) < 4.78 is 2.00. The normalized spacial score (nSPS) is 14.8. The molecule has 2 aromatic heterocycles. The van der Waals surface area contributed by atoms with Crippen LogP contribution in [0.25, 0.3) is 0 Å². The highest BCUT2D eigenvalue weighted by atomic mass is 79.9. The van der Waals surface area contributed by atoms with Crippen LogP contribution >= 0.6 is 50.2 Å². The summed E-state index contributed by atoms with van der Waals surface area (Å²) in [6.07, 6.45) is 0. The summed E-state index contributed by atoms with van der Waals surface area (Å²) in [5, 5.41) is 5.69. The minimum absolute atomic E-state index is 0.323. The second kappa shape index (κ2) is 5.85. The molecule has 0 saturated carbocycles. The first-order valence-corrected chi connectivity index (χ1v) is 8.18. The molecule has 1 N–H and O–H groups in total. The molecule has 0 aliphatic carbocycles. The van der Waals surface area contributed by atoms with Gasteiger partial charge in [-0.2, -0.15) is 0 Å². The van der Waals surface area contributed by atoms with Crippen molar-refractivity contribution in [1.82, 2.24) is 5.32 Å². The second-order valence-corrected chi connectivity index (χ2v) is 7.52. The molecule has 2 aromatic rings. The third-order valence-corrected chi connectivity index (χ3v) is 5.83. The topological polar surface area (TPSA) is 12.0 Å². The minimum Gasteiger partial charge on any atom is -0.302 e. The Morgan fingerprint density at radius 3 is 2.47 bits per heavy atom. The van der Waals surface area contributed by atoms with Crippen LogP contribution < -0.4 is 5.32 Å². The Bertz CT molecular complexity index is 450. The van der Waals surface area contributed by atoms with Gasteiger partial charge in [-0.3, -0.25) is 0 Å². The lowest BCUT2D eigenvalue weighted by molar-refractivity contribution is 0.505. The summed E-state index contributed by atoms with van der Waals surface area (Å²) in [6, 6.07) is 6.87. The molecular weight excluding hydrogens is 338 g/mol. The van der Waals surface area contributed by atoms with Gasteiger partial charge < -0.3 is 5.32 Å². The van der Waals surface area contributed by atoms with E-state index in [1.807, 2.05) is 6.07 Å². The van der Waals surface area contributed by atoms with E-state index in [1.165, 1.54) is 9.75 Å². The number of thiophene rings is 2.